The number of esters is 1. The molecule has 0 saturated carbocycles. The minimum absolute atomic E-state index is 0.313. The largest absolute Gasteiger partial charge is 0.462 e. The van der Waals surface area contributed by atoms with Gasteiger partial charge in [-0.1, -0.05) is 0 Å². The van der Waals surface area contributed by atoms with Crippen LogP contribution in [-0.2, 0) is 4.74 Å². The lowest BCUT2D eigenvalue weighted by atomic mass is 10.2. The van der Waals surface area contributed by atoms with Crippen molar-refractivity contribution in [2.24, 2.45) is 0 Å². The molecule has 1 rings (SSSR count). The molecule has 0 fully saturated rings. The number of nitrogens with two attached hydrogens (primary N) is 1. The quantitative estimate of drug-likeness (QED) is 0.700. The third-order valence-electron chi connectivity index (χ3n) is 1.72. The minimum Gasteiger partial charge on any atom is -0.462 e. The molecule has 0 aliphatic rings. The first kappa shape index (κ1) is 10.3. The average Bonchev–Trinajstić information content (AvgIpc) is 2.18. The Balaban J connectivity index is 3.03. The Morgan fingerprint density at radius 2 is 2.43 bits per heavy atom. The van der Waals surface area contributed by atoms with Crippen molar-refractivity contribution in [3.05, 3.63) is 17.8 Å². The molecule has 5 nitrogen and oxygen atoms in total. The number of nitrogen functional groups attached to an aromatic ring is 1. The molecular weight excluding hydrogens is 182 g/mol. The molecule has 1 aromatic rings. The molecule has 0 saturated heterocycles. The summed E-state index contributed by atoms with van der Waals surface area (Å²) in [5.41, 5.74) is 6.35. The number of anilines is 2. The molecule has 3 N–H and O–H groups in total. The van der Waals surface area contributed by atoms with E-state index >= 15 is 0 Å². The van der Waals surface area contributed by atoms with Crippen LogP contribution in [-0.4, -0.2) is 24.6 Å². The number of carbonyl (C=O) groups excluding carboxylic acids is 1. The number of ether oxygens (including phenoxy) is 1. The van der Waals surface area contributed by atoms with Gasteiger partial charge in [-0.2, -0.15) is 0 Å². The lowest BCUT2D eigenvalue weighted by molar-refractivity contribution is 0.0527. The number of pyridine rings is 1. The summed E-state index contributed by atoms with van der Waals surface area (Å²) in [5.74, 6) is 0.0550. The Bertz CT molecular complexity index is 339. The smallest absolute Gasteiger partial charge is 0.340 e. The van der Waals surface area contributed by atoms with Crippen molar-refractivity contribution in [3.8, 4) is 0 Å². The molecule has 0 aromatic carbocycles. The zero-order chi connectivity index (χ0) is 10.6. The number of aromatic nitrogens is 1. The van der Waals surface area contributed by atoms with E-state index in [0.29, 0.717) is 23.7 Å². The molecule has 1 heterocycles. The SMILES string of the molecule is CCOC(=O)c1ccnc(NC)c1N. The van der Waals surface area contributed by atoms with Crippen molar-refractivity contribution in [2.45, 2.75) is 6.92 Å². The summed E-state index contributed by atoms with van der Waals surface area (Å²) in [5, 5.41) is 2.79. The predicted molar refractivity (Wildman–Crippen MR) is 54.2 cm³/mol. The van der Waals surface area contributed by atoms with Gasteiger partial charge < -0.3 is 15.8 Å². The predicted octanol–water partition coefficient (Wildman–Crippen LogP) is 0.882. The van der Waals surface area contributed by atoms with E-state index in [1.807, 2.05) is 0 Å². The summed E-state index contributed by atoms with van der Waals surface area (Å²) < 4.78 is 4.83. The molecule has 1 aromatic heterocycles. The lowest BCUT2D eigenvalue weighted by Crippen LogP contribution is -2.10. The van der Waals surface area contributed by atoms with Gasteiger partial charge in [-0.05, 0) is 13.0 Å². The average molecular weight is 195 g/mol. The zero-order valence-corrected chi connectivity index (χ0v) is 8.20. The summed E-state index contributed by atoms with van der Waals surface area (Å²) in [6.07, 6.45) is 1.51. The molecule has 5 heteroatoms. The van der Waals surface area contributed by atoms with Crippen LogP contribution >= 0.6 is 0 Å². The molecule has 0 amide bonds. The van der Waals surface area contributed by atoms with Crippen LogP contribution in [0.4, 0.5) is 11.5 Å². The molecule has 0 atom stereocenters. The standard InChI is InChI=1S/C9H13N3O2/c1-3-14-9(13)6-4-5-12-8(11-2)7(6)10/h4-5H,3,10H2,1-2H3,(H,11,12). The second-order valence-electron chi connectivity index (χ2n) is 2.59. The molecular formula is C9H13N3O2. The highest BCUT2D eigenvalue weighted by Crippen LogP contribution is 2.19. The Hall–Kier alpha value is -1.78. The normalized spacial score (nSPS) is 9.57. The van der Waals surface area contributed by atoms with E-state index in [1.165, 1.54) is 12.3 Å². The maximum absolute atomic E-state index is 11.4. The van der Waals surface area contributed by atoms with Crippen LogP contribution < -0.4 is 11.1 Å². The van der Waals surface area contributed by atoms with Crippen molar-refractivity contribution in [1.82, 2.24) is 4.98 Å². The van der Waals surface area contributed by atoms with Crippen molar-refractivity contribution >= 4 is 17.5 Å². The number of hydrogen-bond donors (Lipinski definition) is 2. The Morgan fingerprint density at radius 1 is 1.71 bits per heavy atom. The van der Waals surface area contributed by atoms with E-state index in [4.69, 9.17) is 10.5 Å². The Kier molecular flexibility index (Phi) is 3.28. The molecule has 0 aliphatic carbocycles. The Labute approximate surface area is 82.3 Å². The number of nitrogens with zero attached hydrogens (tertiary/aromatic N) is 1. The fraction of sp³-hybridized carbons (Fsp3) is 0.333. The van der Waals surface area contributed by atoms with Gasteiger partial charge >= 0.3 is 5.97 Å². The van der Waals surface area contributed by atoms with Crippen LogP contribution in [0.5, 0.6) is 0 Å². The molecule has 0 aliphatic heterocycles. The third kappa shape index (κ3) is 1.93. The highest BCUT2D eigenvalue weighted by Gasteiger charge is 2.13. The van der Waals surface area contributed by atoms with Crippen molar-refractivity contribution in [2.75, 3.05) is 24.7 Å². The van der Waals surface area contributed by atoms with Gasteiger partial charge in [-0.25, -0.2) is 9.78 Å². The monoisotopic (exact) mass is 195 g/mol. The molecule has 0 bridgehead atoms. The fourth-order valence-electron chi connectivity index (χ4n) is 1.06. The summed E-state index contributed by atoms with van der Waals surface area (Å²) in [4.78, 5) is 15.3. The number of hydrogen-bond acceptors (Lipinski definition) is 5. The highest BCUT2D eigenvalue weighted by molar-refractivity contribution is 5.97. The van der Waals surface area contributed by atoms with Gasteiger partial charge in [0, 0.05) is 13.2 Å². The van der Waals surface area contributed by atoms with Gasteiger partial charge in [0.2, 0.25) is 0 Å². The second kappa shape index (κ2) is 4.45. The first-order valence-corrected chi connectivity index (χ1v) is 4.30. The number of carbonyl (C=O) groups is 1. The van der Waals surface area contributed by atoms with E-state index in [0.717, 1.165) is 0 Å². The van der Waals surface area contributed by atoms with Gasteiger partial charge in [0.15, 0.2) is 0 Å². The third-order valence-corrected chi connectivity index (χ3v) is 1.72. The summed E-state index contributed by atoms with van der Waals surface area (Å²) in [6, 6.07) is 1.54. The number of nitrogens with one attached hydrogen (secondary N) is 1. The second-order valence-corrected chi connectivity index (χ2v) is 2.59. The van der Waals surface area contributed by atoms with E-state index in [2.05, 4.69) is 10.3 Å². The van der Waals surface area contributed by atoms with Gasteiger partial charge in [0.25, 0.3) is 0 Å². The summed E-state index contributed by atoms with van der Waals surface area (Å²) in [6.45, 7) is 2.07. The Morgan fingerprint density at radius 3 is 3.00 bits per heavy atom. The fourth-order valence-corrected chi connectivity index (χ4v) is 1.06. The molecule has 0 radical (unpaired) electrons. The minimum atomic E-state index is -0.427. The van der Waals surface area contributed by atoms with Gasteiger partial charge in [0.05, 0.1) is 17.9 Å². The van der Waals surface area contributed by atoms with Gasteiger partial charge in [-0.15, -0.1) is 0 Å². The highest BCUT2D eigenvalue weighted by atomic mass is 16.5. The topological polar surface area (TPSA) is 77.2 Å². The van der Waals surface area contributed by atoms with Crippen LogP contribution in [0.15, 0.2) is 12.3 Å². The summed E-state index contributed by atoms with van der Waals surface area (Å²) >= 11 is 0. The maximum Gasteiger partial charge on any atom is 0.340 e. The molecule has 14 heavy (non-hydrogen) atoms. The van der Waals surface area contributed by atoms with Crippen molar-refractivity contribution in [1.29, 1.82) is 0 Å². The molecule has 0 spiro atoms. The first-order valence-electron chi connectivity index (χ1n) is 4.30. The zero-order valence-electron chi connectivity index (χ0n) is 8.20. The van der Waals surface area contributed by atoms with E-state index in [-0.39, 0.29) is 0 Å². The molecule has 76 valence electrons. The van der Waals surface area contributed by atoms with Crippen LogP contribution in [0.2, 0.25) is 0 Å². The summed E-state index contributed by atoms with van der Waals surface area (Å²) in [7, 11) is 1.69. The number of rotatable bonds is 3. The molecule has 0 unspecified atom stereocenters. The van der Waals surface area contributed by atoms with Crippen molar-refractivity contribution < 1.29 is 9.53 Å². The van der Waals surface area contributed by atoms with Crippen molar-refractivity contribution in [3.63, 3.8) is 0 Å². The first-order chi connectivity index (χ1) is 6.70. The van der Waals surface area contributed by atoms with Crippen LogP contribution in [0.3, 0.4) is 0 Å². The van der Waals surface area contributed by atoms with E-state index in [1.54, 1.807) is 14.0 Å². The lowest BCUT2D eigenvalue weighted by Gasteiger charge is -2.08. The van der Waals surface area contributed by atoms with E-state index < -0.39 is 5.97 Å². The van der Waals surface area contributed by atoms with Gasteiger partial charge in [0.1, 0.15) is 5.82 Å². The van der Waals surface area contributed by atoms with Gasteiger partial charge in [-0.3, -0.25) is 0 Å². The van der Waals surface area contributed by atoms with E-state index in [9.17, 15) is 4.79 Å². The van der Waals surface area contributed by atoms with Crippen LogP contribution in [0.25, 0.3) is 0 Å². The van der Waals surface area contributed by atoms with Crippen LogP contribution in [0, 0.1) is 0 Å². The maximum atomic E-state index is 11.4. The van der Waals surface area contributed by atoms with Crippen LogP contribution in [0.1, 0.15) is 17.3 Å².